The number of non-ortho nitro benzene ring substituents is 1. The van der Waals surface area contributed by atoms with Crippen LogP contribution in [0.4, 0.5) is 11.4 Å². The number of amides is 1. The molecule has 2 fully saturated rings. The number of nitrogens with zero attached hydrogens (tertiary/aromatic N) is 3. The van der Waals surface area contributed by atoms with Gasteiger partial charge in [-0.3, -0.25) is 19.8 Å². The van der Waals surface area contributed by atoms with Crippen molar-refractivity contribution in [3.05, 3.63) is 165 Å². The molecule has 2 aliphatic heterocycles. The summed E-state index contributed by atoms with van der Waals surface area (Å²) >= 11 is 0. The van der Waals surface area contributed by atoms with Crippen LogP contribution in [-0.2, 0) is 22.6 Å². The number of carbonyl (C=O) groups excluding carboxylic acids is 1. The van der Waals surface area contributed by atoms with Gasteiger partial charge in [0.25, 0.3) is 11.6 Å². The lowest BCUT2D eigenvalue weighted by atomic mass is 9.97. The minimum absolute atomic E-state index is 0.0130. The van der Waals surface area contributed by atoms with Crippen molar-refractivity contribution in [3.8, 4) is 11.1 Å². The van der Waals surface area contributed by atoms with Crippen molar-refractivity contribution in [3.63, 3.8) is 0 Å². The van der Waals surface area contributed by atoms with Gasteiger partial charge in [-0.25, -0.2) is 0 Å². The van der Waals surface area contributed by atoms with E-state index in [9.17, 15) is 20.0 Å². The maximum atomic E-state index is 12.7. The maximum absolute atomic E-state index is 12.7. The van der Waals surface area contributed by atoms with Crippen LogP contribution in [0.1, 0.15) is 51.4 Å². The molecule has 1 amide bonds. The summed E-state index contributed by atoms with van der Waals surface area (Å²) in [6.07, 6.45) is -0.151. The predicted molar refractivity (Wildman–Crippen MR) is 200 cm³/mol. The summed E-state index contributed by atoms with van der Waals surface area (Å²) in [5.74, 6) is -0.112. The molecule has 0 bridgehead atoms. The van der Waals surface area contributed by atoms with Crippen molar-refractivity contribution >= 4 is 17.3 Å². The third kappa shape index (κ3) is 8.38. The van der Waals surface area contributed by atoms with Gasteiger partial charge in [0, 0.05) is 74.6 Å². The van der Waals surface area contributed by atoms with Gasteiger partial charge in [0.1, 0.15) is 0 Å². The Morgan fingerprint density at radius 1 is 0.788 bits per heavy atom. The van der Waals surface area contributed by atoms with Crippen molar-refractivity contribution in [2.45, 2.75) is 38.1 Å². The van der Waals surface area contributed by atoms with Crippen LogP contribution in [0.3, 0.4) is 0 Å². The molecule has 2 saturated heterocycles. The fourth-order valence-corrected chi connectivity index (χ4v) is 6.94. The normalized spacial score (nSPS) is 19.2. The summed E-state index contributed by atoms with van der Waals surface area (Å²) in [6.45, 7) is 4.46. The summed E-state index contributed by atoms with van der Waals surface area (Å²) < 4.78 is 13.3. The smallest absolute Gasteiger partial charge is 0.269 e. The number of rotatable bonds is 11. The standard InChI is InChI=1S/C42H42N4O6/c47-29-30-10-12-32(13-11-30)40-26-38(28-44-22-24-45(25-23-44)36-18-20-37(21-19-36)46(49)50)51-42(52-40)34-16-14-31(15-17-34)39-9-5-4-8-35(39)27-43-41(48)33-6-2-1-3-7-33/h1-21,38,40,42,47H,22-29H2,(H,43,48)/t38-,40+,42+/m0/s1. The molecule has 266 valence electrons. The molecular weight excluding hydrogens is 656 g/mol. The van der Waals surface area contributed by atoms with Crippen LogP contribution < -0.4 is 10.2 Å². The maximum Gasteiger partial charge on any atom is 0.269 e. The zero-order chi connectivity index (χ0) is 35.9. The number of nitro groups is 1. The van der Waals surface area contributed by atoms with Crippen LogP contribution in [0.5, 0.6) is 0 Å². The van der Waals surface area contributed by atoms with E-state index in [0.717, 1.165) is 71.8 Å². The fourth-order valence-electron chi connectivity index (χ4n) is 6.94. The van der Waals surface area contributed by atoms with E-state index in [1.807, 2.05) is 72.8 Å². The number of ether oxygens (including phenoxy) is 2. The minimum atomic E-state index is -0.572. The Kier molecular flexibility index (Phi) is 11.0. The van der Waals surface area contributed by atoms with Crippen molar-refractivity contribution in [2.75, 3.05) is 37.6 Å². The number of benzene rings is 5. The molecule has 52 heavy (non-hydrogen) atoms. The topological polar surface area (TPSA) is 117 Å². The van der Waals surface area contributed by atoms with Gasteiger partial charge in [-0.15, -0.1) is 0 Å². The zero-order valence-corrected chi connectivity index (χ0v) is 28.8. The predicted octanol–water partition coefficient (Wildman–Crippen LogP) is 7.05. The molecule has 5 aromatic carbocycles. The van der Waals surface area contributed by atoms with E-state index in [1.165, 1.54) is 0 Å². The second-order valence-electron chi connectivity index (χ2n) is 13.2. The molecule has 2 aliphatic rings. The number of aliphatic hydroxyl groups excluding tert-OH is 1. The molecular formula is C42H42N4O6. The highest BCUT2D eigenvalue weighted by atomic mass is 16.7. The molecule has 2 heterocycles. The van der Waals surface area contributed by atoms with Gasteiger partial charge >= 0.3 is 0 Å². The first-order chi connectivity index (χ1) is 25.4. The highest BCUT2D eigenvalue weighted by Crippen LogP contribution is 2.39. The summed E-state index contributed by atoms with van der Waals surface area (Å²) in [5, 5.41) is 23.7. The number of hydrogen-bond acceptors (Lipinski definition) is 8. The van der Waals surface area contributed by atoms with E-state index >= 15 is 0 Å². The van der Waals surface area contributed by atoms with Gasteiger partial charge in [-0.05, 0) is 52.1 Å². The Hall–Kier alpha value is -5.39. The molecule has 0 unspecified atom stereocenters. The van der Waals surface area contributed by atoms with Crippen LogP contribution in [0.25, 0.3) is 11.1 Å². The Morgan fingerprint density at radius 3 is 2.15 bits per heavy atom. The van der Waals surface area contributed by atoms with Crippen LogP contribution in [-0.4, -0.2) is 59.7 Å². The second kappa shape index (κ2) is 16.3. The molecule has 0 spiro atoms. The highest BCUT2D eigenvalue weighted by Gasteiger charge is 2.34. The molecule has 3 atom stereocenters. The molecule has 7 rings (SSSR count). The van der Waals surface area contributed by atoms with E-state index in [2.05, 4.69) is 45.4 Å². The van der Waals surface area contributed by atoms with Crippen LogP contribution in [0, 0.1) is 10.1 Å². The number of aliphatic hydroxyl groups is 1. The van der Waals surface area contributed by atoms with Crippen molar-refractivity contribution in [2.24, 2.45) is 0 Å². The molecule has 2 N–H and O–H groups in total. The third-order valence-electron chi connectivity index (χ3n) is 9.86. The number of hydrogen-bond donors (Lipinski definition) is 2. The first-order valence-electron chi connectivity index (χ1n) is 17.7. The lowest BCUT2D eigenvalue weighted by molar-refractivity contribution is -0.384. The van der Waals surface area contributed by atoms with E-state index in [-0.39, 0.29) is 35.3 Å². The average molecular weight is 699 g/mol. The summed E-state index contributed by atoms with van der Waals surface area (Å²) in [5.41, 5.74) is 7.62. The lowest BCUT2D eigenvalue weighted by Gasteiger charge is -2.41. The largest absolute Gasteiger partial charge is 0.392 e. The summed E-state index contributed by atoms with van der Waals surface area (Å²) in [4.78, 5) is 28.1. The monoisotopic (exact) mass is 698 g/mol. The van der Waals surface area contributed by atoms with Gasteiger partial charge in [-0.1, -0.05) is 91.0 Å². The first kappa shape index (κ1) is 35.0. The van der Waals surface area contributed by atoms with Crippen LogP contribution in [0.2, 0.25) is 0 Å². The first-order valence-corrected chi connectivity index (χ1v) is 17.7. The number of nitro benzene ring substituents is 1. The van der Waals surface area contributed by atoms with Crippen molar-refractivity contribution in [1.29, 1.82) is 0 Å². The lowest BCUT2D eigenvalue weighted by Crippen LogP contribution is -2.49. The van der Waals surface area contributed by atoms with Gasteiger partial charge in [0.15, 0.2) is 6.29 Å². The Balaban J connectivity index is 1.04. The molecule has 10 nitrogen and oxygen atoms in total. The van der Waals surface area contributed by atoms with Crippen molar-refractivity contribution < 1.29 is 24.3 Å². The molecule has 0 aromatic heterocycles. The van der Waals surface area contributed by atoms with Gasteiger partial charge in [0.05, 0.1) is 23.7 Å². The Morgan fingerprint density at radius 2 is 1.46 bits per heavy atom. The van der Waals surface area contributed by atoms with Gasteiger partial charge in [-0.2, -0.15) is 0 Å². The molecule has 0 saturated carbocycles. The quantitative estimate of drug-likeness (QED) is 0.111. The number of carbonyl (C=O) groups is 1. The van der Waals surface area contributed by atoms with E-state index in [0.29, 0.717) is 18.5 Å². The number of anilines is 1. The molecule has 0 radical (unpaired) electrons. The number of nitrogens with one attached hydrogen (secondary N) is 1. The average Bonchev–Trinajstić information content (AvgIpc) is 3.20. The fraction of sp³-hybridized carbons (Fsp3) is 0.262. The SMILES string of the molecule is O=C(NCc1ccccc1-c1ccc([C@@H]2O[C@H](CN3CCN(c4ccc([N+](=O)[O-])cc4)CC3)C[C@H](c3ccc(CO)cc3)O2)cc1)c1ccccc1. The summed E-state index contributed by atoms with van der Waals surface area (Å²) in [6, 6.07) is 40.2. The highest BCUT2D eigenvalue weighted by molar-refractivity contribution is 5.94. The molecule has 0 aliphatic carbocycles. The second-order valence-corrected chi connectivity index (χ2v) is 13.2. The summed E-state index contributed by atoms with van der Waals surface area (Å²) in [7, 11) is 0. The van der Waals surface area contributed by atoms with Crippen LogP contribution in [0.15, 0.2) is 127 Å². The minimum Gasteiger partial charge on any atom is -0.392 e. The molecule has 10 heteroatoms. The van der Waals surface area contributed by atoms with E-state index < -0.39 is 6.29 Å². The number of piperazine rings is 1. The molecule has 5 aromatic rings. The Bertz CT molecular complexity index is 1950. The van der Waals surface area contributed by atoms with E-state index in [4.69, 9.17) is 9.47 Å². The van der Waals surface area contributed by atoms with Gasteiger partial charge < -0.3 is 24.8 Å². The van der Waals surface area contributed by atoms with Crippen LogP contribution >= 0.6 is 0 Å². The van der Waals surface area contributed by atoms with Gasteiger partial charge in [0.2, 0.25) is 0 Å². The zero-order valence-electron chi connectivity index (χ0n) is 28.8. The third-order valence-corrected chi connectivity index (χ3v) is 9.86. The van der Waals surface area contributed by atoms with Crippen molar-refractivity contribution in [1.82, 2.24) is 10.2 Å². The van der Waals surface area contributed by atoms with E-state index in [1.54, 1.807) is 24.3 Å². The Labute approximate surface area is 303 Å².